The number of hydrogen-bond acceptors (Lipinski definition) is 2. The van der Waals surface area contributed by atoms with E-state index < -0.39 is 34.4 Å². The Balaban J connectivity index is -0.00000112. The van der Waals surface area contributed by atoms with Crippen molar-refractivity contribution in [2.24, 2.45) is 0 Å². The van der Waals surface area contributed by atoms with E-state index in [0.29, 0.717) is 0 Å². The van der Waals surface area contributed by atoms with Crippen LogP contribution in [0.5, 0.6) is 0 Å². The molecule has 0 aliphatic rings. The Morgan fingerprint density at radius 1 is 0.824 bits per heavy atom. The maximum atomic E-state index is 12.1. The third-order valence-corrected chi connectivity index (χ3v) is 2.00. The summed E-state index contributed by atoms with van der Waals surface area (Å²) in [5.41, 5.74) is 0. The van der Waals surface area contributed by atoms with E-state index in [-0.39, 0.29) is 59.6 Å². The van der Waals surface area contributed by atoms with Crippen molar-refractivity contribution in [2.45, 2.75) is 23.3 Å². The van der Waals surface area contributed by atoms with Crippen LogP contribution in [-0.4, -0.2) is 32.0 Å². The molecule has 100 valence electrons. The normalized spacial score (nSPS) is 16.4. The second-order valence-corrected chi connectivity index (χ2v) is 3.38. The van der Waals surface area contributed by atoms with Gasteiger partial charge in [0.1, 0.15) is 0 Å². The van der Waals surface area contributed by atoms with Crippen molar-refractivity contribution in [2.75, 3.05) is 0 Å². The van der Waals surface area contributed by atoms with Gasteiger partial charge in [0.15, 0.2) is 0 Å². The molecule has 0 N–H and O–H groups in total. The summed E-state index contributed by atoms with van der Waals surface area (Å²) in [6.45, 7) is 0. The van der Waals surface area contributed by atoms with Crippen molar-refractivity contribution in [3.8, 4) is 0 Å². The van der Waals surface area contributed by atoms with Crippen molar-refractivity contribution in [1.29, 1.82) is 0 Å². The molecule has 0 spiro atoms. The molecule has 1 atom stereocenters. The average molecular weight is 370 g/mol. The summed E-state index contributed by atoms with van der Waals surface area (Å²) in [5, 5.41) is -6.55. The first kappa shape index (κ1) is 20.6. The van der Waals surface area contributed by atoms with Gasteiger partial charge < -0.3 is 5.98 Å². The Kier molecular flexibility index (Phi) is 6.94. The van der Waals surface area contributed by atoms with Gasteiger partial charge in [-0.1, -0.05) is 0 Å². The van der Waals surface area contributed by atoms with Gasteiger partial charge in [0.2, 0.25) is 0 Å². The molecule has 0 aliphatic carbocycles. The van der Waals surface area contributed by atoms with Crippen LogP contribution in [0.15, 0.2) is 0 Å². The van der Waals surface area contributed by atoms with E-state index in [1.54, 1.807) is 0 Å². The van der Waals surface area contributed by atoms with Gasteiger partial charge in [-0.15, -0.1) is 0 Å². The van der Waals surface area contributed by atoms with E-state index in [4.69, 9.17) is 0 Å². The molecule has 0 heterocycles. The third-order valence-electron chi connectivity index (χ3n) is 1.33. The van der Waals surface area contributed by atoms with Crippen molar-refractivity contribution < 1.29 is 108 Å². The molecule has 2 nitrogen and oxygen atoms in total. The average Bonchev–Trinajstić information content (AvgIpc) is 2.00. The van der Waals surface area contributed by atoms with Gasteiger partial charge in [-0.05, 0) is 0 Å². The zero-order valence-corrected chi connectivity index (χ0v) is 13.4. The molecule has 0 aliphatic heterocycles. The Morgan fingerprint density at radius 3 is 1.29 bits per heavy atom. The van der Waals surface area contributed by atoms with E-state index >= 15 is 0 Å². The zero-order valence-electron chi connectivity index (χ0n) is 8.63. The fourth-order valence-electron chi connectivity index (χ4n) is 0.465. The minimum absolute atomic E-state index is 0. The van der Waals surface area contributed by atoms with Crippen LogP contribution in [0.25, 0.3) is 0 Å². The summed E-state index contributed by atoms with van der Waals surface area (Å²) in [4.78, 5) is 0. The first-order chi connectivity index (χ1) is 6.69. The van der Waals surface area contributed by atoms with E-state index in [1.807, 2.05) is 0 Å². The molecule has 0 aromatic rings. The van der Waals surface area contributed by atoms with Gasteiger partial charge in [-0.25, -0.2) is 0 Å². The van der Waals surface area contributed by atoms with Crippen LogP contribution in [0.4, 0.5) is 39.5 Å². The smallest absolute Gasteiger partial charge is 1.00 e. The van der Waals surface area contributed by atoms with Crippen molar-refractivity contribution in [1.82, 2.24) is 0 Å². The second kappa shape index (κ2) is 5.73. The Hall–Kier alpha value is 1.29. The summed E-state index contributed by atoms with van der Waals surface area (Å²) >= 11 is -5.14. The van der Waals surface area contributed by atoms with Crippen LogP contribution in [0.2, 0.25) is 0 Å². The zero-order chi connectivity index (χ0) is 13.6. The summed E-state index contributed by atoms with van der Waals surface area (Å²) in [6.07, 6.45) is -7.01. The molecule has 0 rings (SSSR count). The fourth-order valence-corrected chi connectivity index (χ4v) is 0.803. The van der Waals surface area contributed by atoms with Crippen LogP contribution in [-0.2, 0) is 11.1 Å². The van der Waals surface area contributed by atoms with Gasteiger partial charge in [-0.3, -0.25) is 4.21 Å². The molecule has 0 fully saturated rings. The minimum atomic E-state index is -7.18. The van der Waals surface area contributed by atoms with Crippen molar-refractivity contribution >= 4 is 11.1 Å². The largest absolute Gasteiger partial charge is 1.00 e. The standard InChI is InChI=1S/C4HF9O2S.Rb.H/c5-1(6,3(9,10)11)2(7,8)4(12,13)16(14)15;;/h(H,14,15);;/q;+1;-1/p-1. The summed E-state index contributed by atoms with van der Waals surface area (Å²) < 4.78 is 125. The summed E-state index contributed by atoms with van der Waals surface area (Å²) in [6, 6.07) is 0. The first-order valence-electron chi connectivity index (χ1n) is 2.99. The third kappa shape index (κ3) is 3.44. The van der Waals surface area contributed by atoms with Crippen LogP contribution in [0, 0.1) is 0 Å². The monoisotopic (exact) mass is 369 g/mol. The maximum Gasteiger partial charge on any atom is 1.00 e. The number of alkyl halides is 9. The number of rotatable bonds is 3. The van der Waals surface area contributed by atoms with Crippen molar-refractivity contribution in [3.05, 3.63) is 0 Å². The second-order valence-electron chi connectivity index (χ2n) is 2.40. The number of hydrogen-bond donors (Lipinski definition) is 0. The van der Waals surface area contributed by atoms with Gasteiger partial charge in [0.25, 0.3) is 0 Å². The fraction of sp³-hybridized carbons (Fsp3) is 1.00. The molecular formula is C4HF9O2RbS-. The molecular weight excluding hydrogens is 369 g/mol. The van der Waals surface area contributed by atoms with Crippen LogP contribution in [0.1, 0.15) is 1.43 Å². The van der Waals surface area contributed by atoms with Crippen LogP contribution in [0.3, 0.4) is 0 Å². The molecule has 0 aromatic carbocycles. The molecule has 1 unspecified atom stereocenters. The molecule has 0 saturated heterocycles. The molecule has 0 aromatic heterocycles. The summed E-state index contributed by atoms with van der Waals surface area (Å²) in [5.74, 6) is -14.3. The minimum Gasteiger partial charge on any atom is -1.00 e. The van der Waals surface area contributed by atoms with Crippen molar-refractivity contribution in [3.63, 3.8) is 0 Å². The van der Waals surface area contributed by atoms with Gasteiger partial charge >= 0.3 is 81.5 Å². The molecule has 0 radical (unpaired) electrons. The van der Waals surface area contributed by atoms with E-state index in [2.05, 4.69) is 0 Å². The number of halogens is 9. The molecule has 0 saturated carbocycles. The van der Waals surface area contributed by atoms with E-state index in [9.17, 15) is 48.3 Å². The quantitative estimate of drug-likeness (QED) is 0.493. The molecule has 0 bridgehead atoms. The van der Waals surface area contributed by atoms with Crippen LogP contribution < -0.4 is 58.2 Å². The molecule has 13 heteroatoms. The van der Waals surface area contributed by atoms with E-state index in [1.165, 1.54) is 0 Å². The molecule has 0 amide bonds. The predicted octanol–water partition coefficient (Wildman–Crippen LogP) is -0.592. The van der Waals surface area contributed by atoms with Gasteiger partial charge in [0, 0.05) is 11.1 Å². The Labute approximate surface area is 140 Å². The van der Waals surface area contributed by atoms with Crippen LogP contribution >= 0.6 is 0 Å². The first-order valence-corrected chi connectivity index (χ1v) is 4.06. The SMILES string of the molecule is O=S([O-])C(F)(F)C(F)(F)C(F)(F)C(F)(F)F.[H-].[Rb+]. The molecule has 17 heavy (non-hydrogen) atoms. The maximum absolute atomic E-state index is 12.1. The van der Waals surface area contributed by atoms with E-state index in [0.717, 1.165) is 0 Å². The Bertz CT molecular complexity index is 305. The van der Waals surface area contributed by atoms with Gasteiger partial charge in [-0.2, -0.15) is 39.5 Å². The topological polar surface area (TPSA) is 40.1 Å². The predicted molar refractivity (Wildman–Crippen MR) is 30.9 cm³/mol. The summed E-state index contributed by atoms with van der Waals surface area (Å²) in [7, 11) is 0. The van der Waals surface area contributed by atoms with Gasteiger partial charge in [0.05, 0.1) is 0 Å². The Morgan fingerprint density at radius 2 is 1.12 bits per heavy atom.